The Kier molecular flexibility index (Phi) is 39.9. The van der Waals surface area contributed by atoms with E-state index in [4.69, 9.17) is 14.2 Å². The molecule has 3 heterocycles. The van der Waals surface area contributed by atoms with E-state index in [0.29, 0.717) is 5.75 Å². The van der Waals surface area contributed by atoms with Gasteiger partial charge in [0.15, 0.2) is 0 Å². The van der Waals surface area contributed by atoms with Crippen LogP contribution in [0.5, 0.6) is 17.2 Å². The molecule has 8 heteroatoms. The average Bonchev–Trinajstić information content (AvgIpc) is 4.10. The van der Waals surface area contributed by atoms with Crippen LogP contribution in [0.2, 0.25) is 0 Å². The van der Waals surface area contributed by atoms with Gasteiger partial charge in [-0.05, 0) is 125 Å². The Bertz CT molecular complexity index is 1530. The Labute approximate surface area is 485 Å². The standard InChI is InChI=1S/3C15H24O.3C4H8O.2C4H9.2Mg/c3*1-10-8-11(14(2,3)4)13(16)12(9-10)15(5,6)7;3*1-2-4-5-3-1;2*1-3-4-2;;/h3*8-9,16H,1-7H3;3*1-4H2;2*1,3-4H2,2H3;;/q;;;;;;2*-1;2*+2/p-2. The van der Waals surface area contributed by atoms with Crippen molar-refractivity contribution in [1.82, 2.24) is 0 Å². The molecule has 0 radical (unpaired) electrons. The molecule has 3 saturated heterocycles. The second-order valence-electron chi connectivity index (χ2n) is 25.8. The summed E-state index contributed by atoms with van der Waals surface area (Å²) in [5, 5.41) is 35.2. The quantitative estimate of drug-likeness (QED) is 0.203. The van der Waals surface area contributed by atoms with Gasteiger partial charge in [0.2, 0.25) is 0 Å². The fraction of sp³-hybridized carbons (Fsp3) is 0.692. The number of ether oxygens (including phenoxy) is 3. The zero-order valence-corrected chi connectivity index (χ0v) is 54.9. The monoisotopic (exact) mass is 1040 g/mol. The molecule has 3 aromatic carbocycles. The smallest absolute Gasteiger partial charge is 0.872 e. The largest absolute Gasteiger partial charge is 2.00 e. The van der Waals surface area contributed by atoms with Crippen molar-refractivity contribution >= 4 is 46.1 Å². The summed E-state index contributed by atoms with van der Waals surface area (Å²) >= 11 is 0. The Morgan fingerprint density at radius 3 is 0.644 bits per heavy atom. The summed E-state index contributed by atoms with van der Waals surface area (Å²) in [6, 6.07) is 12.3. The molecule has 412 valence electrons. The fourth-order valence-corrected chi connectivity index (χ4v) is 7.23. The molecule has 3 aliphatic heterocycles. The van der Waals surface area contributed by atoms with Gasteiger partial charge in [0.1, 0.15) is 5.75 Å². The summed E-state index contributed by atoms with van der Waals surface area (Å²) in [6.07, 6.45) is 12.2. The minimum absolute atomic E-state index is 0. The van der Waals surface area contributed by atoms with Gasteiger partial charge in [0.25, 0.3) is 0 Å². The molecule has 0 amide bonds. The molecule has 0 aromatic heterocycles. The fourth-order valence-electron chi connectivity index (χ4n) is 7.23. The average molecular weight is 1040 g/mol. The summed E-state index contributed by atoms with van der Waals surface area (Å²) in [6.45, 7) is 61.6. The molecule has 1 N–H and O–H groups in total. The number of phenolic OH excluding ortho intramolecular Hbond substituents is 1. The first-order chi connectivity index (χ1) is 32.4. The van der Waals surface area contributed by atoms with Crippen molar-refractivity contribution in [3.8, 4) is 17.2 Å². The Hall–Kier alpha value is -1.53. The molecule has 0 atom stereocenters. The van der Waals surface area contributed by atoms with E-state index < -0.39 is 0 Å². The first-order valence-electron chi connectivity index (χ1n) is 27.2. The molecule has 0 spiro atoms. The van der Waals surface area contributed by atoms with Crippen molar-refractivity contribution < 1.29 is 29.5 Å². The van der Waals surface area contributed by atoms with E-state index in [0.717, 1.165) is 85.9 Å². The van der Waals surface area contributed by atoms with Crippen molar-refractivity contribution in [2.45, 2.75) is 256 Å². The van der Waals surface area contributed by atoms with Gasteiger partial charge in [-0.15, -0.1) is 11.5 Å². The summed E-state index contributed by atoms with van der Waals surface area (Å²) in [5.41, 5.74) is 9.00. The molecule has 73 heavy (non-hydrogen) atoms. The molecule has 3 fully saturated rings. The van der Waals surface area contributed by atoms with Gasteiger partial charge in [-0.25, -0.2) is 0 Å². The maximum absolute atomic E-state index is 12.4. The van der Waals surface area contributed by atoms with Gasteiger partial charge in [-0.2, -0.15) is 12.8 Å². The van der Waals surface area contributed by atoms with Crippen LogP contribution in [0.4, 0.5) is 0 Å². The van der Waals surface area contributed by atoms with Crippen LogP contribution in [0.15, 0.2) is 36.4 Å². The normalized spacial score (nSPS) is 14.3. The number of hydrogen-bond acceptors (Lipinski definition) is 6. The van der Waals surface area contributed by atoms with Gasteiger partial charge < -0.3 is 43.4 Å². The van der Waals surface area contributed by atoms with E-state index >= 15 is 0 Å². The molecule has 0 unspecified atom stereocenters. The minimum atomic E-state index is -0.0803. The second-order valence-corrected chi connectivity index (χ2v) is 25.8. The molecule has 0 aliphatic carbocycles. The van der Waals surface area contributed by atoms with E-state index in [1.54, 1.807) is 0 Å². The van der Waals surface area contributed by atoms with Crippen molar-refractivity contribution in [2.75, 3.05) is 39.6 Å². The third-order valence-electron chi connectivity index (χ3n) is 11.8. The van der Waals surface area contributed by atoms with E-state index in [-0.39, 0.29) is 90.1 Å². The van der Waals surface area contributed by atoms with Gasteiger partial charge in [-0.3, -0.25) is 0 Å². The van der Waals surface area contributed by atoms with E-state index in [2.05, 4.69) is 185 Å². The van der Waals surface area contributed by atoms with Crippen LogP contribution < -0.4 is 10.2 Å². The van der Waals surface area contributed by atoms with Crippen molar-refractivity contribution in [2.24, 2.45) is 0 Å². The van der Waals surface area contributed by atoms with Gasteiger partial charge in [0.05, 0.1) is 0 Å². The summed E-state index contributed by atoms with van der Waals surface area (Å²) < 4.78 is 14.8. The van der Waals surface area contributed by atoms with Crippen LogP contribution in [0.1, 0.15) is 253 Å². The SMILES string of the molecule is C1CCOC1.C1CCOC1.C1CCOC1.Cc1cc(C(C)(C)C)c(O)c(C(C)(C)C)c1.Cc1cc(C(C)(C)C)c([O-])c(C(C)(C)C)c1.Cc1cc(C(C)(C)C)c([O-])c(C(C)(C)C)c1.[CH2-]CCC.[CH2-]CCC.[Mg+2].[Mg+2]. The van der Waals surface area contributed by atoms with Crippen molar-refractivity contribution in [3.05, 3.63) is 100 Å². The maximum atomic E-state index is 12.4. The number of rotatable bonds is 2. The Morgan fingerprint density at radius 2 is 0.534 bits per heavy atom. The minimum Gasteiger partial charge on any atom is -0.872 e. The molecule has 0 saturated carbocycles. The van der Waals surface area contributed by atoms with Crippen molar-refractivity contribution in [3.63, 3.8) is 0 Å². The van der Waals surface area contributed by atoms with Gasteiger partial charge in [0, 0.05) is 39.6 Å². The third-order valence-corrected chi connectivity index (χ3v) is 11.8. The number of benzene rings is 3. The third kappa shape index (κ3) is 33.4. The topological polar surface area (TPSA) is 94.0 Å². The van der Waals surface area contributed by atoms with Crippen LogP contribution in [0.3, 0.4) is 0 Å². The number of aromatic hydroxyl groups is 1. The summed E-state index contributed by atoms with van der Waals surface area (Å²) in [7, 11) is 0. The van der Waals surface area contributed by atoms with Crippen molar-refractivity contribution in [1.29, 1.82) is 0 Å². The molecule has 3 aliphatic rings. The molecule has 6 nitrogen and oxygen atoms in total. The van der Waals surface area contributed by atoms with E-state index in [1.807, 2.05) is 24.3 Å². The summed E-state index contributed by atoms with van der Waals surface area (Å²) in [5.74, 6) is 0.891. The molecule has 3 aromatic rings. The Balaban J connectivity index is -0.000000397. The van der Waals surface area contributed by atoms with Gasteiger partial charge in [-0.1, -0.05) is 204 Å². The number of phenols is 1. The Morgan fingerprint density at radius 1 is 0.384 bits per heavy atom. The molecular weight excluding hydrogens is 925 g/mol. The number of aryl methyl sites for hydroxylation is 3. The second kappa shape index (κ2) is 37.3. The predicted octanol–water partition coefficient (Wildman–Crippen LogP) is 16.5. The first kappa shape index (κ1) is 78.0. The van der Waals surface area contributed by atoms with Crippen LogP contribution in [0, 0.1) is 34.6 Å². The van der Waals surface area contributed by atoms with Crippen LogP contribution in [-0.4, -0.2) is 90.9 Å². The van der Waals surface area contributed by atoms with Crippen LogP contribution >= 0.6 is 0 Å². The first-order valence-corrected chi connectivity index (χ1v) is 27.2. The number of unbranched alkanes of at least 4 members (excludes halogenated alkanes) is 2. The van der Waals surface area contributed by atoms with Gasteiger partial charge >= 0.3 is 46.1 Å². The maximum Gasteiger partial charge on any atom is 2.00 e. The van der Waals surface area contributed by atoms with Crippen LogP contribution in [0.25, 0.3) is 0 Å². The van der Waals surface area contributed by atoms with Crippen LogP contribution in [-0.2, 0) is 46.7 Å². The molecule has 0 bridgehead atoms. The van der Waals surface area contributed by atoms with E-state index in [9.17, 15) is 15.3 Å². The molecule has 6 rings (SSSR count). The zero-order chi connectivity index (χ0) is 55.6. The predicted molar refractivity (Wildman–Crippen MR) is 318 cm³/mol. The zero-order valence-electron chi connectivity index (χ0n) is 52.1. The molecular formula is C65H112Mg2O6. The number of hydrogen-bond donors (Lipinski definition) is 1. The summed E-state index contributed by atoms with van der Waals surface area (Å²) in [4.78, 5) is 0. The van der Waals surface area contributed by atoms with E-state index in [1.165, 1.54) is 68.1 Å².